The molecule has 5 rings (SSSR count). The van der Waals surface area contributed by atoms with Crippen LogP contribution >= 0.6 is 34.7 Å². The van der Waals surface area contributed by atoms with E-state index in [-0.39, 0.29) is 10.7 Å². The third kappa shape index (κ3) is 5.64. The summed E-state index contributed by atoms with van der Waals surface area (Å²) in [5.41, 5.74) is 0.689. The Labute approximate surface area is 223 Å². The molecule has 0 aliphatic carbocycles. The molecule has 186 valence electrons. The number of thiophene rings is 1. The summed E-state index contributed by atoms with van der Waals surface area (Å²) in [6.07, 6.45) is -3.13. The van der Waals surface area contributed by atoms with Gasteiger partial charge in [-0.2, -0.15) is 13.2 Å². The molecule has 0 saturated carbocycles. The first-order chi connectivity index (χ1) is 17.8. The van der Waals surface area contributed by atoms with Gasteiger partial charge in [0.25, 0.3) is 0 Å². The number of nitrogens with zero attached hydrogens (tertiary/aromatic N) is 2. The van der Waals surface area contributed by atoms with Gasteiger partial charge in [0.05, 0.1) is 16.3 Å². The van der Waals surface area contributed by atoms with Gasteiger partial charge in [0.15, 0.2) is 0 Å². The third-order valence-corrected chi connectivity index (χ3v) is 8.16. The molecule has 4 nitrogen and oxygen atoms in total. The van der Waals surface area contributed by atoms with E-state index < -0.39 is 22.9 Å². The molecule has 0 fully saturated rings. The van der Waals surface area contributed by atoms with Crippen LogP contribution in [0.3, 0.4) is 0 Å². The number of hydrogen-bond donors (Lipinski definition) is 1. The highest BCUT2D eigenvalue weighted by Gasteiger charge is 2.32. The monoisotopic (exact) mass is 555 g/mol. The molecule has 2 heterocycles. The number of halogens is 4. The number of carbonyl (C=O) groups is 1. The Morgan fingerprint density at radius 1 is 0.946 bits per heavy atom. The number of carbonyl (C=O) groups excluding carboxylic acids is 1. The van der Waals surface area contributed by atoms with Crippen LogP contribution in [0.25, 0.3) is 20.7 Å². The predicted molar refractivity (Wildman–Crippen MR) is 143 cm³/mol. The topological polar surface area (TPSA) is 54.9 Å². The molecule has 0 spiro atoms. The molecule has 0 aliphatic heterocycles. The van der Waals surface area contributed by atoms with Gasteiger partial charge in [-0.1, -0.05) is 84.0 Å². The van der Waals surface area contributed by atoms with Crippen LogP contribution in [0.4, 0.5) is 18.9 Å². The lowest BCUT2D eigenvalue weighted by Crippen LogP contribution is -2.20. The van der Waals surface area contributed by atoms with Crippen molar-refractivity contribution in [1.82, 2.24) is 9.97 Å². The van der Waals surface area contributed by atoms with Crippen LogP contribution in [0.2, 0.25) is 5.02 Å². The SMILES string of the molecule is O=C(Nc1cc(C(F)(F)F)ccc1Cl)[C@@H](Sc1ncnc2sc(-c3ccccc3)cc12)c1ccccc1. The molecule has 0 radical (unpaired) electrons. The highest BCUT2D eigenvalue weighted by molar-refractivity contribution is 8.00. The van der Waals surface area contributed by atoms with E-state index in [4.69, 9.17) is 11.6 Å². The van der Waals surface area contributed by atoms with E-state index in [1.807, 2.05) is 42.5 Å². The van der Waals surface area contributed by atoms with Crippen LogP contribution in [-0.2, 0) is 11.0 Å². The Kier molecular flexibility index (Phi) is 7.19. The number of amides is 1. The molecule has 0 aliphatic rings. The Hall–Kier alpha value is -3.40. The van der Waals surface area contributed by atoms with E-state index in [9.17, 15) is 18.0 Å². The van der Waals surface area contributed by atoms with E-state index >= 15 is 0 Å². The Morgan fingerprint density at radius 3 is 2.35 bits per heavy atom. The number of anilines is 1. The minimum atomic E-state index is -4.57. The van der Waals surface area contributed by atoms with Crippen molar-refractivity contribution < 1.29 is 18.0 Å². The number of benzene rings is 3. The lowest BCUT2D eigenvalue weighted by Gasteiger charge is -2.18. The molecular weight excluding hydrogens is 539 g/mol. The van der Waals surface area contributed by atoms with Crippen LogP contribution in [0.15, 0.2) is 96.3 Å². The average molecular weight is 556 g/mol. The zero-order valence-electron chi connectivity index (χ0n) is 18.9. The molecule has 1 amide bonds. The first kappa shape index (κ1) is 25.3. The molecule has 10 heteroatoms. The van der Waals surface area contributed by atoms with Gasteiger partial charge in [-0.25, -0.2) is 9.97 Å². The quantitative estimate of drug-likeness (QED) is 0.168. The van der Waals surface area contributed by atoms with Gasteiger partial charge in [0.2, 0.25) is 5.91 Å². The Balaban J connectivity index is 1.50. The predicted octanol–water partition coefficient (Wildman–Crippen LogP) is 8.50. The van der Waals surface area contributed by atoms with Crippen molar-refractivity contribution in [2.45, 2.75) is 16.5 Å². The number of fused-ring (bicyclic) bond motifs is 1. The molecule has 1 N–H and O–H groups in total. The van der Waals surface area contributed by atoms with Crippen molar-refractivity contribution in [3.05, 3.63) is 107 Å². The van der Waals surface area contributed by atoms with Crippen LogP contribution in [-0.4, -0.2) is 15.9 Å². The molecule has 2 aromatic heterocycles. The van der Waals surface area contributed by atoms with Gasteiger partial charge < -0.3 is 5.32 Å². The van der Waals surface area contributed by atoms with Crippen LogP contribution < -0.4 is 5.32 Å². The molecule has 0 bridgehead atoms. The zero-order chi connectivity index (χ0) is 26.0. The second-order valence-corrected chi connectivity index (χ2v) is 10.5. The molecule has 0 saturated heterocycles. The van der Waals surface area contributed by atoms with E-state index in [2.05, 4.69) is 15.3 Å². The van der Waals surface area contributed by atoms with Crippen molar-refractivity contribution in [2.75, 3.05) is 5.32 Å². The van der Waals surface area contributed by atoms with Crippen molar-refractivity contribution in [2.24, 2.45) is 0 Å². The number of nitrogens with one attached hydrogen (secondary N) is 1. The van der Waals surface area contributed by atoms with Crippen molar-refractivity contribution in [1.29, 1.82) is 0 Å². The first-order valence-corrected chi connectivity index (χ1v) is 13.1. The highest BCUT2D eigenvalue weighted by atomic mass is 35.5. The summed E-state index contributed by atoms with van der Waals surface area (Å²) in [6.45, 7) is 0. The summed E-state index contributed by atoms with van der Waals surface area (Å²) >= 11 is 8.85. The maximum atomic E-state index is 13.5. The number of rotatable bonds is 6. The van der Waals surface area contributed by atoms with Gasteiger partial charge >= 0.3 is 6.18 Å². The first-order valence-electron chi connectivity index (χ1n) is 11.0. The van der Waals surface area contributed by atoms with E-state index in [1.54, 1.807) is 24.3 Å². The third-order valence-electron chi connectivity index (χ3n) is 5.47. The molecule has 37 heavy (non-hydrogen) atoms. The smallest absolute Gasteiger partial charge is 0.323 e. The number of aromatic nitrogens is 2. The van der Waals surface area contributed by atoms with Gasteiger partial charge in [-0.15, -0.1) is 11.3 Å². The number of hydrogen-bond acceptors (Lipinski definition) is 5. The van der Waals surface area contributed by atoms with E-state index in [0.717, 1.165) is 38.9 Å². The average Bonchev–Trinajstić information content (AvgIpc) is 3.34. The number of alkyl halides is 3. The summed E-state index contributed by atoms with van der Waals surface area (Å²) in [5.74, 6) is -0.525. The minimum absolute atomic E-state index is 0.00734. The van der Waals surface area contributed by atoms with Crippen LogP contribution in [0, 0.1) is 0 Å². The van der Waals surface area contributed by atoms with Crippen molar-refractivity contribution >= 4 is 56.5 Å². The lowest BCUT2D eigenvalue weighted by atomic mass is 10.1. The van der Waals surface area contributed by atoms with Crippen LogP contribution in [0.1, 0.15) is 16.4 Å². The second-order valence-electron chi connectivity index (χ2n) is 7.96. The molecule has 3 aromatic carbocycles. The fraction of sp³-hybridized carbons (Fsp3) is 0.0741. The van der Waals surface area contributed by atoms with Gasteiger partial charge in [0.1, 0.15) is 21.4 Å². The normalized spacial score (nSPS) is 12.4. The lowest BCUT2D eigenvalue weighted by molar-refractivity contribution is -0.137. The Morgan fingerprint density at radius 2 is 1.65 bits per heavy atom. The largest absolute Gasteiger partial charge is 0.416 e. The van der Waals surface area contributed by atoms with Crippen molar-refractivity contribution in [3.8, 4) is 10.4 Å². The zero-order valence-corrected chi connectivity index (χ0v) is 21.3. The van der Waals surface area contributed by atoms with E-state index in [0.29, 0.717) is 10.6 Å². The van der Waals surface area contributed by atoms with Gasteiger partial charge in [-0.05, 0) is 35.4 Å². The maximum absolute atomic E-state index is 13.5. The molecular formula is C27H17ClF3N3OS2. The summed E-state index contributed by atoms with van der Waals surface area (Å²) in [4.78, 5) is 24.1. The van der Waals surface area contributed by atoms with Gasteiger partial charge in [-0.3, -0.25) is 4.79 Å². The number of thioether (sulfide) groups is 1. The van der Waals surface area contributed by atoms with Crippen LogP contribution in [0.5, 0.6) is 0 Å². The summed E-state index contributed by atoms with van der Waals surface area (Å²) < 4.78 is 39.7. The summed E-state index contributed by atoms with van der Waals surface area (Å²) in [7, 11) is 0. The fourth-order valence-corrected chi connectivity index (χ4v) is 5.99. The van der Waals surface area contributed by atoms with Gasteiger partial charge in [0, 0.05) is 10.3 Å². The fourth-order valence-electron chi connectivity index (χ4n) is 3.68. The van der Waals surface area contributed by atoms with Crippen molar-refractivity contribution in [3.63, 3.8) is 0 Å². The summed E-state index contributed by atoms with van der Waals surface area (Å²) in [6, 6.07) is 23.6. The van der Waals surface area contributed by atoms with E-state index in [1.165, 1.54) is 29.4 Å². The minimum Gasteiger partial charge on any atom is -0.323 e. The Bertz CT molecular complexity index is 1560. The highest BCUT2D eigenvalue weighted by Crippen LogP contribution is 2.42. The molecule has 0 unspecified atom stereocenters. The maximum Gasteiger partial charge on any atom is 0.416 e. The molecule has 1 atom stereocenters. The standard InChI is InChI=1S/C27H17ClF3N3OS2/c28-20-12-11-18(27(29,30)31)13-21(20)34-24(35)23(17-9-5-2-6-10-17)37-26-19-14-22(16-7-3-1-4-8-16)36-25(19)32-15-33-26/h1-15,23H,(H,34,35)/t23-/m0/s1. The second kappa shape index (κ2) is 10.5. The summed E-state index contributed by atoms with van der Waals surface area (Å²) in [5, 5.41) is 3.16. The molecule has 5 aromatic rings.